The molecular weight excluding hydrogens is 340 g/mol. The average Bonchev–Trinajstić information content (AvgIpc) is 2.61. The molecule has 0 spiro atoms. The molecule has 1 atom stereocenters. The number of rotatable bonds is 8. The highest BCUT2D eigenvalue weighted by Crippen LogP contribution is 2.19. The van der Waals surface area contributed by atoms with Gasteiger partial charge in [-0.2, -0.15) is 0 Å². The van der Waals surface area contributed by atoms with Gasteiger partial charge in [0.05, 0.1) is 13.1 Å². The van der Waals surface area contributed by atoms with E-state index in [9.17, 15) is 9.90 Å². The van der Waals surface area contributed by atoms with Crippen molar-refractivity contribution in [2.75, 3.05) is 26.7 Å². The molecule has 0 bridgehead atoms. The highest BCUT2D eigenvalue weighted by Gasteiger charge is 2.22. The number of terminal acetylenes is 1. The lowest BCUT2D eigenvalue weighted by molar-refractivity contribution is 0.106. The Morgan fingerprint density at radius 2 is 2.00 bits per heavy atom. The topological polar surface area (TPSA) is 53.0 Å². The van der Waals surface area contributed by atoms with Gasteiger partial charge < -0.3 is 14.7 Å². The standard InChI is InChI=1S/C22H30N2O3/c1-3-15-23(2)18-19-11-13-21(14-12-19)27-17-16-24(22(25)26)20-9-7-5-4-6-8-10-20/h1,4-5,11-14,20H,6-10,15-18H2,2H3,(H,25,26). The summed E-state index contributed by atoms with van der Waals surface area (Å²) >= 11 is 0. The Balaban J connectivity index is 1.83. The van der Waals surface area contributed by atoms with Crippen LogP contribution in [0.3, 0.4) is 0 Å². The molecule has 0 fully saturated rings. The second-order valence-electron chi connectivity index (χ2n) is 6.98. The molecule has 1 aliphatic carbocycles. The Morgan fingerprint density at radius 3 is 2.70 bits per heavy atom. The first-order valence-corrected chi connectivity index (χ1v) is 9.58. The molecule has 0 aliphatic heterocycles. The molecule has 5 heteroatoms. The van der Waals surface area contributed by atoms with E-state index < -0.39 is 6.09 Å². The van der Waals surface area contributed by atoms with Gasteiger partial charge in [0.1, 0.15) is 12.4 Å². The van der Waals surface area contributed by atoms with Crippen LogP contribution in [0.15, 0.2) is 36.4 Å². The van der Waals surface area contributed by atoms with Gasteiger partial charge in [-0.05, 0) is 56.8 Å². The third kappa shape index (κ3) is 7.36. The van der Waals surface area contributed by atoms with Gasteiger partial charge in [0.25, 0.3) is 0 Å². The summed E-state index contributed by atoms with van der Waals surface area (Å²) in [5.74, 6) is 3.38. The Labute approximate surface area is 162 Å². The zero-order chi connectivity index (χ0) is 19.5. The number of allylic oxidation sites excluding steroid dienone is 2. The summed E-state index contributed by atoms with van der Waals surface area (Å²) in [6.07, 6.45) is 13.6. The minimum atomic E-state index is -0.861. The number of amides is 1. The summed E-state index contributed by atoms with van der Waals surface area (Å²) < 4.78 is 5.78. The first-order valence-electron chi connectivity index (χ1n) is 9.58. The van der Waals surface area contributed by atoms with Crippen LogP contribution in [0, 0.1) is 12.3 Å². The third-order valence-electron chi connectivity index (χ3n) is 4.77. The van der Waals surface area contributed by atoms with Crippen LogP contribution >= 0.6 is 0 Å². The zero-order valence-corrected chi connectivity index (χ0v) is 16.1. The first-order chi connectivity index (χ1) is 13.1. The van der Waals surface area contributed by atoms with E-state index in [1.807, 2.05) is 31.3 Å². The summed E-state index contributed by atoms with van der Waals surface area (Å²) in [7, 11) is 1.98. The number of benzene rings is 1. The highest BCUT2D eigenvalue weighted by atomic mass is 16.5. The molecule has 2 rings (SSSR count). The predicted molar refractivity (Wildman–Crippen MR) is 108 cm³/mol. The highest BCUT2D eigenvalue weighted by molar-refractivity contribution is 5.65. The minimum absolute atomic E-state index is 0.0742. The summed E-state index contributed by atoms with van der Waals surface area (Å²) in [6.45, 7) is 2.14. The van der Waals surface area contributed by atoms with Crippen molar-refractivity contribution >= 4 is 6.09 Å². The van der Waals surface area contributed by atoms with E-state index in [-0.39, 0.29) is 6.04 Å². The summed E-state index contributed by atoms with van der Waals surface area (Å²) in [5.41, 5.74) is 1.16. The smallest absolute Gasteiger partial charge is 0.407 e. The van der Waals surface area contributed by atoms with E-state index in [1.54, 1.807) is 4.90 Å². The van der Waals surface area contributed by atoms with Crippen molar-refractivity contribution in [3.63, 3.8) is 0 Å². The van der Waals surface area contributed by atoms with Gasteiger partial charge in [0.15, 0.2) is 0 Å². The average molecular weight is 370 g/mol. The first kappa shape index (κ1) is 20.9. The zero-order valence-electron chi connectivity index (χ0n) is 16.1. The predicted octanol–water partition coefficient (Wildman–Crippen LogP) is 4.00. The number of ether oxygens (including phenoxy) is 1. The lowest BCUT2D eigenvalue weighted by Crippen LogP contribution is -2.42. The molecule has 0 saturated carbocycles. The number of carbonyl (C=O) groups is 1. The van der Waals surface area contributed by atoms with Gasteiger partial charge in [-0.1, -0.05) is 30.2 Å². The van der Waals surface area contributed by atoms with Gasteiger partial charge in [0, 0.05) is 12.6 Å². The molecule has 1 amide bonds. The van der Waals surface area contributed by atoms with Crippen molar-refractivity contribution in [1.29, 1.82) is 0 Å². The lowest BCUT2D eigenvalue weighted by Gasteiger charge is -2.30. The van der Waals surface area contributed by atoms with Crippen molar-refractivity contribution in [2.45, 2.75) is 44.7 Å². The molecule has 1 unspecified atom stereocenters. The van der Waals surface area contributed by atoms with Crippen molar-refractivity contribution in [1.82, 2.24) is 9.80 Å². The van der Waals surface area contributed by atoms with Gasteiger partial charge >= 0.3 is 6.09 Å². The normalized spacial score (nSPS) is 17.0. The lowest BCUT2D eigenvalue weighted by atomic mass is 10.00. The molecule has 1 N–H and O–H groups in total. The Bertz CT molecular complexity index is 649. The van der Waals surface area contributed by atoms with Crippen LogP contribution in [0.4, 0.5) is 4.79 Å². The van der Waals surface area contributed by atoms with Crippen LogP contribution in [-0.4, -0.2) is 53.8 Å². The number of carboxylic acid groups (broad SMARTS) is 1. The molecular formula is C22H30N2O3. The maximum absolute atomic E-state index is 11.7. The van der Waals surface area contributed by atoms with Crippen molar-refractivity contribution in [3.05, 3.63) is 42.0 Å². The Hall–Kier alpha value is -2.45. The quantitative estimate of drug-likeness (QED) is 0.555. The largest absolute Gasteiger partial charge is 0.492 e. The van der Waals surface area contributed by atoms with E-state index in [0.29, 0.717) is 19.7 Å². The maximum Gasteiger partial charge on any atom is 0.407 e. The SMILES string of the molecule is C#CCN(C)Cc1ccc(OCCN(C(=O)O)C2CCC=CCCC2)cc1. The van der Waals surface area contributed by atoms with Gasteiger partial charge in [0.2, 0.25) is 0 Å². The van der Waals surface area contributed by atoms with Gasteiger partial charge in [-0.3, -0.25) is 4.90 Å². The molecule has 146 valence electrons. The third-order valence-corrected chi connectivity index (χ3v) is 4.77. The summed E-state index contributed by atoms with van der Waals surface area (Å²) in [6, 6.07) is 7.94. The minimum Gasteiger partial charge on any atom is -0.492 e. The van der Waals surface area contributed by atoms with E-state index >= 15 is 0 Å². The van der Waals surface area contributed by atoms with Crippen LogP contribution in [0.5, 0.6) is 5.75 Å². The van der Waals surface area contributed by atoms with Crippen molar-refractivity contribution < 1.29 is 14.6 Å². The fraction of sp³-hybridized carbons (Fsp3) is 0.500. The van der Waals surface area contributed by atoms with E-state index in [2.05, 4.69) is 23.0 Å². The summed E-state index contributed by atoms with van der Waals surface area (Å²) in [4.78, 5) is 15.3. The van der Waals surface area contributed by atoms with Gasteiger partial charge in [-0.15, -0.1) is 6.42 Å². The maximum atomic E-state index is 11.7. The number of hydrogen-bond acceptors (Lipinski definition) is 3. The van der Waals surface area contributed by atoms with Gasteiger partial charge in [-0.25, -0.2) is 4.79 Å². The van der Waals surface area contributed by atoms with Crippen LogP contribution in [0.25, 0.3) is 0 Å². The molecule has 0 aromatic heterocycles. The van der Waals surface area contributed by atoms with E-state index in [1.165, 1.54) is 0 Å². The molecule has 1 aliphatic rings. The van der Waals surface area contributed by atoms with E-state index in [4.69, 9.17) is 11.2 Å². The van der Waals surface area contributed by atoms with Crippen LogP contribution in [-0.2, 0) is 6.54 Å². The number of nitrogens with zero attached hydrogens (tertiary/aromatic N) is 2. The van der Waals surface area contributed by atoms with E-state index in [0.717, 1.165) is 50.0 Å². The molecule has 0 radical (unpaired) electrons. The van der Waals surface area contributed by atoms with Crippen LogP contribution < -0.4 is 4.74 Å². The number of hydrogen-bond donors (Lipinski definition) is 1. The summed E-state index contributed by atoms with van der Waals surface area (Å²) in [5, 5.41) is 9.58. The molecule has 0 saturated heterocycles. The molecule has 1 aromatic carbocycles. The van der Waals surface area contributed by atoms with Crippen molar-refractivity contribution in [2.24, 2.45) is 0 Å². The fourth-order valence-electron chi connectivity index (χ4n) is 3.36. The van der Waals surface area contributed by atoms with Crippen LogP contribution in [0.2, 0.25) is 0 Å². The fourth-order valence-corrected chi connectivity index (χ4v) is 3.36. The molecule has 5 nitrogen and oxygen atoms in total. The second kappa shape index (κ2) is 11.3. The van der Waals surface area contributed by atoms with Crippen molar-refractivity contribution in [3.8, 4) is 18.1 Å². The molecule has 27 heavy (non-hydrogen) atoms. The Morgan fingerprint density at radius 1 is 1.26 bits per heavy atom. The second-order valence-corrected chi connectivity index (χ2v) is 6.98. The Kier molecular flexibility index (Phi) is 8.73. The monoisotopic (exact) mass is 370 g/mol. The molecule has 1 aromatic rings. The molecule has 0 heterocycles. The van der Waals surface area contributed by atoms with Crippen LogP contribution in [0.1, 0.15) is 37.7 Å².